The van der Waals surface area contributed by atoms with Crippen molar-refractivity contribution in [2.45, 2.75) is 19.8 Å². The van der Waals surface area contributed by atoms with Crippen LogP contribution in [0.2, 0.25) is 0 Å². The predicted molar refractivity (Wildman–Crippen MR) is 106 cm³/mol. The molecule has 1 aliphatic heterocycles. The number of rotatable bonds is 9. The summed E-state index contributed by atoms with van der Waals surface area (Å²) < 4.78 is 10.6. The molecular formula is C19H31N5O3. The molecule has 1 aromatic rings. The third-order valence-corrected chi connectivity index (χ3v) is 4.40. The van der Waals surface area contributed by atoms with E-state index in [1.807, 2.05) is 13.0 Å². The molecule has 0 aromatic carbocycles. The monoisotopic (exact) mass is 377 g/mol. The van der Waals surface area contributed by atoms with Crippen LogP contribution in [0.1, 0.15) is 18.4 Å². The first kappa shape index (κ1) is 21.1. The minimum Gasteiger partial charge on any atom is -0.382 e. The van der Waals surface area contributed by atoms with Crippen molar-refractivity contribution in [2.75, 3.05) is 58.9 Å². The molecule has 2 heterocycles. The maximum atomic E-state index is 12.0. The molecule has 1 atom stereocenters. The highest BCUT2D eigenvalue weighted by Crippen LogP contribution is 2.16. The number of nitrogens with zero attached hydrogens (tertiary/aromatic N) is 3. The minimum absolute atomic E-state index is 0.0693. The Bertz CT molecular complexity index is 606. The zero-order valence-electron chi connectivity index (χ0n) is 16.5. The van der Waals surface area contributed by atoms with Gasteiger partial charge in [0.2, 0.25) is 5.91 Å². The lowest BCUT2D eigenvalue weighted by Gasteiger charge is -2.21. The van der Waals surface area contributed by atoms with Crippen LogP contribution < -0.4 is 10.6 Å². The number of ether oxygens (including phenoxy) is 2. The van der Waals surface area contributed by atoms with Crippen molar-refractivity contribution in [3.8, 4) is 0 Å². The smallest absolute Gasteiger partial charge is 0.227 e. The highest BCUT2D eigenvalue weighted by molar-refractivity contribution is 5.90. The van der Waals surface area contributed by atoms with Crippen molar-refractivity contribution in [3.63, 3.8) is 0 Å². The van der Waals surface area contributed by atoms with Crippen LogP contribution in [-0.4, -0.2) is 75.4 Å². The Morgan fingerprint density at radius 2 is 2.26 bits per heavy atom. The van der Waals surface area contributed by atoms with Crippen molar-refractivity contribution >= 4 is 17.7 Å². The molecule has 1 aliphatic rings. The molecule has 1 unspecified atom stereocenters. The van der Waals surface area contributed by atoms with Gasteiger partial charge in [0.05, 0.1) is 19.8 Å². The van der Waals surface area contributed by atoms with E-state index in [9.17, 15) is 4.79 Å². The molecule has 0 aliphatic carbocycles. The zero-order valence-corrected chi connectivity index (χ0v) is 16.5. The summed E-state index contributed by atoms with van der Waals surface area (Å²) in [6, 6.07) is 3.73. The molecule has 1 amide bonds. The van der Waals surface area contributed by atoms with Crippen LogP contribution >= 0.6 is 0 Å². The van der Waals surface area contributed by atoms with E-state index in [4.69, 9.17) is 9.47 Å². The molecule has 1 saturated heterocycles. The second-order valence-corrected chi connectivity index (χ2v) is 6.66. The van der Waals surface area contributed by atoms with Gasteiger partial charge in [0.15, 0.2) is 5.96 Å². The number of methoxy groups -OCH3 is 1. The molecule has 1 fully saturated rings. The van der Waals surface area contributed by atoms with Crippen molar-refractivity contribution < 1.29 is 14.3 Å². The normalized spacial score (nSPS) is 17.2. The summed E-state index contributed by atoms with van der Waals surface area (Å²) in [4.78, 5) is 22.8. The van der Waals surface area contributed by atoms with Crippen LogP contribution in [0.5, 0.6) is 0 Å². The molecule has 8 heteroatoms. The summed E-state index contributed by atoms with van der Waals surface area (Å²) in [7, 11) is 3.44. The summed E-state index contributed by atoms with van der Waals surface area (Å²) in [5.41, 5.74) is 1.06. The van der Waals surface area contributed by atoms with E-state index >= 15 is 0 Å². The van der Waals surface area contributed by atoms with Gasteiger partial charge in [0.1, 0.15) is 5.82 Å². The number of pyridine rings is 1. The molecule has 8 nitrogen and oxygen atoms in total. The van der Waals surface area contributed by atoms with Crippen molar-refractivity contribution in [2.24, 2.45) is 10.9 Å². The molecule has 0 spiro atoms. The highest BCUT2D eigenvalue weighted by Gasteiger charge is 2.24. The van der Waals surface area contributed by atoms with Crippen molar-refractivity contribution in [3.05, 3.63) is 23.9 Å². The number of aromatic nitrogens is 1. The highest BCUT2D eigenvalue weighted by atomic mass is 16.5. The molecule has 150 valence electrons. The maximum Gasteiger partial charge on any atom is 0.227 e. The summed E-state index contributed by atoms with van der Waals surface area (Å²) in [5.74, 6) is 1.83. The van der Waals surface area contributed by atoms with E-state index < -0.39 is 0 Å². The average molecular weight is 377 g/mol. The topological polar surface area (TPSA) is 88.1 Å². The van der Waals surface area contributed by atoms with Crippen LogP contribution in [0.4, 0.5) is 5.82 Å². The van der Waals surface area contributed by atoms with E-state index in [-0.39, 0.29) is 5.91 Å². The lowest BCUT2D eigenvalue weighted by atomic mass is 10.1. The largest absolute Gasteiger partial charge is 0.382 e. The van der Waals surface area contributed by atoms with E-state index in [1.165, 1.54) is 0 Å². The average Bonchev–Trinajstić information content (AvgIpc) is 3.13. The quantitative estimate of drug-likeness (QED) is 0.383. The standard InChI is InChI=1S/C19H31N5O3/c1-15-4-5-17(22-12-15)23-18(25)6-8-21-19(20-2)24-9-7-16(13-24)14-27-11-10-26-3/h4-5,12,16H,6-11,13-14H2,1-3H3,(H,20,21)(H,22,23,25). The number of aryl methyl sites for hydroxylation is 1. The fraction of sp³-hybridized carbons (Fsp3) is 0.632. The molecular weight excluding hydrogens is 346 g/mol. The second kappa shape index (κ2) is 11.5. The first-order chi connectivity index (χ1) is 13.1. The number of carbonyl (C=O) groups excluding carboxylic acids is 1. The number of hydrogen-bond donors (Lipinski definition) is 2. The van der Waals surface area contributed by atoms with Gasteiger partial charge in [-0.3, -0.25) is 9.79 Å². The third-order valence-electron chi connectivity index (χ3n) is 4.40. The summed E-state index contributed by atoms with van der Waals surface area (Å²) >= 11 is 0. The fourth-order valence-corrected chi connectivity index (χ4v) is 2.92. The Labute approximate surface area is 161 Å². The molecule has 27 heavy (non-hydrogen) atoms. The van der Waals surface area contributed by atoms with Gasteiger partial charge in [-0.15, -0.1) is 0 Å². The lowest BCUT2D eigenvalue weighted by molar-refractivity contribution is -0.116. The molecule has 2 rings (SSSR count). The van der Waals surface area contributed by atoms with E-state index in [2.05, 4.69) is 25.5 Å². The van der Waals surface area contributed by atoms with Gasteiger partial charge < -0.3 is 25.0 Å². The Hall–Kier alpha value is -2.19. The van der Waals surface area contributed by atoms with Gasteiger partial charge in [0.25, 0.3) is 0 Å². The summed E-state index contributed by atoms with van der Waals surface area (Å²) in [5, 5.41) is 6.07. The molecule has 0 bridgehead atoms. The first-order valence-corrected chi connectivity index (χ1v) is 9.37. The summed E-state index contributed by atoms with van der Waals surface area (Å²) in [6.07, 6.45) is 3.16. The second-order valence-electron chi connectivity index (χ2n) is 6.66. The van der Waals surface area contributed by atoms with Crippen molar-refractivity contribution in [1.29, 1.82) is 0 Å². The van der Waals surface area contributed by atoms with Gasteiger partial charge in [-0.1, -0.05) is 6.07 Å². The number of nitrogens with one attached hydrogen (secondary N) is 2. The number of anilines is 1. The van der Waals surface area contributed by atoms with Gasteiger partial charge >= 0.3 is 0 Å². The van der Waals surface area contributed by atoms with Gasteiger partial charge in [-0.25, -0.2) is 4.98 Å². The lowest BCUT2D eigenvalue weighted by Crippen LogP contribution is -2.41. The van der Waals surface area contributed by atoms with Crippen LogP contribution in [0.25, 0.3) is 0 Å². The van der Waals surface area contributed by atoms with Crippen LogP contribution in [0.15, 0.2) is 23.3 Å². The number of guanidine groups is 1. The number of likely N-dealkylation sites (tertiary alicyclic amines) is 1. The SMILES string of the molecule is CN=C(NCCC(=O)Nc1ccc(C)cn1)N1CCC(COCCOC)C1. The zero-order chi connectivity index (χ0) is 19.5. The van der Waals surface area contributed by atoms with E-state index in [0.717, 1.165) is 37.6 Å². The van der Waals surface area contributed by atoms with Crippen LogP contribution in [0.3, 0.4) is 0 Å². The molecule has 0 saturated carbocycles. The maximum absolute atomic E-state index is 12.0. The van der Waals surface area contributed by atoms with Gasteiger partial charge in [-0.2, -0.15) is 0 Å². The van der Waals surface area contributed by atoms with E-state index in [0.29, 0.717) is 37.9 Å². The number of amides is 1. The Morgan fingerprint density at radius 1 is 1.41 bits per heavy atom. The molecule has 2 N–H and O–H groups in total. The number of aliphatic imine (C=N–C) groups is 1. The number of carbonyl (C=O) groups is 1. The number of hydrogen-bond acceptors (Lipinski definition) is 5. The Morgan fingerprint density at radius 3 is 2.96 bits per heavy atom. The summed E-state index contributed by atoms with van der Waals surface area (Å²) in [6.45, 7) is 6.33. The minimum atomic E-state index is -0.0693. The molecule has 1 aromatic heterocycles. The van der Waals surface area contributed by atoms with E-state index in [1.54, 1.807) is 26.4 Å². The van der Waals surface area contributed by atoms with Crippen LogP contribution in [0, 0.1) is 12.8 Å². The van der Waals surface area contributed by atoms with Crippen molar-refractivity contribution in [1.82, 2.24) is 15.2 Å². The molecule has 0 radical (unpaired) electrons. The third kappa shape index (κ3) is 7.52. The predicted octanol–water partition coefficient (Wildman–Crippen LogP) is 1.28. The van der Waals surface area contributed by atoms with Crippen LogP contribution in [-0.2, 0) is 14.3 Å². The Balaban J connectivity index is 1.66. The Kier molecular flexibility index (Phi) is 9.00. The fourth-order valence-electron chi connectivity index (χ4n) is 2.92. The van der Waals surface area contributed by atoms with Gasteiger partial charge in [-0.05, 0) is 25.0 Å². The van der Waals surface area contributed by atoms with Gasteiger partial charge in [0, 0.05) is 52.3 Å². The first-order valence-electron chi connectivity index (χ1n) is 9.37.